The number of alkyl halides is 6. The Bertz CT molecular complexity index is 197. The Kier molecular flexibility index (Phi) is 5.45. The van der Waals surface area contributed by atoms with Crippen LogP contribution in [0.5, 0.6) is 0 Å². The second-order valence-corrected chi connectivity index (χ2v) is 5.15. The van der Waals surface area contributed by atoms with Crippen LogP contribution in [0.4, 0.5) is 26.3 Å². The first-order valence-electron chi connectivity index (χ1n) is 4.01. The molecular weight excluding hydrogens is 265 g/mol. The van der Waals surface area contributed by atoms with E-state index in [2.05, 4.69) is 9.05 Å². The predicted octanol–water partition coefficient (Wildman–Crippen LogP) is 2.92. The lowest BCUT2D eigenvalue weighted by Gasteiger charge is -2.17. The van der Waals surface area contributed by atoms with Crippen LogP contribution in [-0.4, -0.2) is 36.6 Å². The summed E-state index contributed by atoms with van der Waals surface area (Å²) < 4.78 is 78.1. The van der Waals surface area contributed by atoms with Crippen LogP contribution in [0, 0.1) is 0 Å². The Morgan fingerprint density at radius 1 is 0.938 bits per heavy atom. The molecule has 0 aliphatic rings. The third-order valence-electron chi connectivity index (χ3n) is 1.26. The van der Waals surface area contributed by atoms with Crippen molar-refractivity contribution >= 4 is 7.94 Å². The molecule has 0 rings (SSSR count). The van der Waals surface area contributed by atoms with Crippen molar-refractivity contribution in [1.82, 2.24) is 0 Å². The fourth-order valence-electron chi connectivity index (χ4n) is 0.568. The van der Waals surface area contributed by atoms with E-state index in [9.17, 15) is 31.2 Å². The summed E-state index contributed by atoms with van der Waals surface area (Å²) in [5.41, 5.74) is 0. The van der Waals surface area contributed by atoms with Gasteiger partial charge in [0.05, 0.1) is 0 Å². The third kappa shape index (κ3) is 8.09. The molecular formula is C6H10F6O3P+. The summed E-state index contributed by atoms with van der Waals surface area (Å²) in [5.74, 6) is 0. The van der Waals surface area contributed by atoms with E-state index in [-0.39, 0.29) is 0 Å². The molecule has 0 unspecified atom stereocenters. The monoisotopic (exact) mass is 275 g/mol. The van der Waals surface area contributed by atoms with Gasteiger partial charge in [-0.25, -0.2) is 0 Å². The summed E-state index contributed by atoms with van der Waals surface area (Å²) in [7, 11) is -4.08. The number of rotatable bonds is 5. The van der Waals surface area contributed by atoms with Gasteiger partial charge in [0.15, 0.2) is 13.2 Å². The lowest BCUT2D eigenvalue weighted by atomic mass is 10.7. The number of hydrogen-bond acceptors (Lipinski definition) is 3. The van der Waals surface area contributed by atoms with Gasteiger partial charge in [0, 0.05) is 0 Å². The molecule has 98 valence electrons. The maximum atomic E-state index is 11.7. The Morgan fingerprint density at radius 3 is 1.44 bits per heavy atom. The minimum absolute atomic E-state index is 0.459. The van der Waals surface area contributed by atoms with Gasteiger partial charge in [-0.05, 0) is 6.92 Å². The fourth-order valence-corrected chi connectivity index (χ4v) is 1.70. The second kappa shape index (κ2) is 5.48. The molecule has 0 fully saturated rings. The van der Waals surface area contributed by atoms with Crippen LogP contribution in [-0.2, 0) is 9.05 Å². The first kappa shape index (κ1) is 15.9. The topological polar surface area (TPSA) is 38.7 Å². The van der Waals surface area contributed by atoms with Crippen LogP contribution < -0.4 is 0 Å². The smallest absolute Gasteiger partial charge is 0.193 e. The molecule has 0 bridgehead atoms. The van der Waals surface area contributed by atoms with Crippen molar-refractivity contribution < 1.29 is 40.3 Å². The molecule has 1 N–H and O–H groups in total. The van der Waals surface area contributed by atoms with Gasteiger partial charge in [0.2, 0.25) is 0 Å². The Morgan fingerprint density at radius 2 is 1.25 bits per heavy atom. The van der Waals surface area contributed by atoms with Crippen molar-refractivity contribution in [3.05, 3.63) is 0 Å². The first-order valence-corrected chi connectivity index (χ1v) is 5.77. The largest absolute Gasteiger partial charge is 0.416 e. The standard InChI is InChI=1S/C6H10F6O3P/c1-2-16(13,14-3-5(7,8)9)15-4-6(10,11)12/h13H,2-4H2,1H3/q+1. The highest BCUT2D eigenvalue weighted by Crippen LogP contribution is 2.57. The molecule has 3 nitrogen and oxygen atoms in total. The van der Waals surface area contributed by atoms with E-state index in [0.717, 1.165) is 0 Å². The molecule has 0 spiro atoms. The second-order valence-electron chi connectivity index (χ2n) is 2.73. The highest BCUT2D eigenvalue weighted by molar-refractivity contribution is 7.60. The van der Waals surface area contributed by atoms with Crippen molar-refractivity contribution in [2.75, 3.05) is 19.4 Å². The molecule has 0 aliphatic heterocycles. The van der Waals surface area contributed by atoms with Crippen LogP contribution in [0.1, 0.15) is 6.92 Å². The van der Waals surface area contributed by atoms with Gasteiger partial charge >= 0.3 is 20.3 Å². The molecule has 0 radical (unpaired) electrons. The van der Waals surface area contributed by atoms with Crippen LogP contribution in [0.3, 0.4) is 0 Å². The molecule has 10 heteroatoms. The van der Waals surface area contributed by atoms with Gasteiger partial charge in [-0.3, -0.25) is 0 Å². The van der Waals surface area contributed by atoms with Crippen LogP contribution in [0.2, 0.25) is 0 Å². The maximum absolute atomic E-state index is 11.7. The summed E-state index contributed by atoms with van der Waals surface area (Å²) in [6.07, 6.45) is -9.92. The average Bonchev–Trinajstić information content (AvgIpc) is 2.09. The molecule has 0 aliphatic carbocycles. The van der Waals surface area contributed by atoms with E-state index in [1.165, 1.54) is 6.92 Å². The summed E-state index contributed by atoms with van der Waals surface area (Å²) in [6, 6.07) is 0. The maximum Gasteiger partial charge on any atom is 0.416 e. The van der Waals surface area contributed by atoms with E-state index in [1.54, 1.807) is 0 Å². The van der Waals surface area contributed by atoms with Gasteiger partial charge in [-0.15, -0.1) is 0 Å². The van der Waals surface area contributed by atoms with E-state index in [0.29, 0.717) is 0 Å². The Hall–Kier alpha value is -0.110. The number of halogens is 6. The lowest BCUT2D eigenvalue weighted by molar-refractivity contribution is -0.167. The van der Waals surface area contributed by atoms with Crippen LogP contribution in [0.25, 0.3) is 0 Å². The molecule has 0 saturated carbocycles. The van der Waals surface area contributed by atoms with Gasteiger partial charge < -0.3 is 0 Å². The van der Waals surface area contributed by atoms with Gasteiger partial charge in [-0.2, -0.15) is 40.3 Å². The zero-order valence-corrected chi connectivity index (χ0v) is 8.99. The van der Waals surface area contributed by atoms with E-state index >= 15 is 0 Å². The molecule has 0 aromatic rings. The molecule has 0 atom stereocenters. The predicted molar refractivity (Wildman–Crippen MR) is 43.7 cm³/mol. The molecule has 16 heavy (non-hydrogen) atoms. The number of hydrogen-bond donors (Lipinski definition) is 1. The van der Waals surface area contributed by atoms with Gasteiger partial charge in [0.25, 0.3) is 0 Å². The van der Waals surface area contributed by atoms with Crippen molar-refractivity contribution in [1.29, 1.82) is 0 Å². The minimum Gasteiger partial charge on any atom is -0.193 e. The summed E-state index contributed by atoms with van der Waals surface area (Å²) in [6.45, 7) is -2.52. The molecule has 0 amide bonds. The summed E-state index contributed by atoms with van der Waals surface area (Å²) >= 11 is 0. The average molecular weight is 275 g/mol. The highest BCUT2D eigenvalue weighted by Gasteiger charge is 2.46. The molecule has 0 heterocycles. The van der Waals surface area contributed by atoms with Gasteiger partial charge in [-0.1, -0.05) is 0 Å². The van der Waals surface area contributed by atoms with Crippen molar-refractivity contribution in [3.63, 3.8) is 0 Å². The van der Waals surface area contributed by atoms with Crippen molar-refractivity contribution in [2.24, 2.45) is 0 Å². The zero-order chi connectivity index (χ0) is 13.0. The van der Waals surface area contributed by atoms with Crippen molar-refractivity contribution in [2.45, 2.75) is 19.3 Å². The Balaban J connectivity index is 4.21. The summed E-state index contributed by atoms with van der Waals surface area (Å²) in [5, 5.41) is 0. The van der Waals surface area contributed by atoms with E-state index < -0.39 is 39.7 Å². The Labute approximate surface area is 87.9 Å². The first-order chi connectivity index (χ1) is 6.97. The third-order valence-corrected chi connectivity index (χ3v) is 3.12. The zero-order valence-electron chi connectivity index (χ0n) is 8.10. The van der Waals surface area contributed by atoms with Crippen LogP contribution in [0.15, 0.2) is 0 Å². The molecule has 0 aromatic heterocycles. The highest BCUT2D eigenvalue weighted by atomic mass is 31.2. The SMILES string of the molecule is CC[P+](O)(OCC(F)(F)F)OCC(F)(F)F. The lowest BCUT2D eigenvalue weighted by Crippen LogP contribution is -2.22. The van der Waals surface area contributed by atoms with Crippen LogP contribution >= 0.6 is 7.94 Å². The molecule has 0 saturated heterocycles. The summed E-state index contributed by atoms with van der Waals surface area (Å²) in [4.78, 5) is 9.21. The quantitative estimate of drug-likeness (QED) is 0.619. The molecule has 0 aromatic carbocycles. The fraction of sp³-hybridized carbons (Fsp3) is 1.00. The minimum atomic E-state index is -4.73. The van der Waals surface area contributed by atoms with Gasteiger partial charge in [0.1, 0.15) is 6.16 Å². The van der Waals surface area contributed by atoms with E-state index in [1.807, 2.05) is 0 Å². The van der Waals surface area contributed by atoms with E-state index in [4.69, 9.17) is 0 Å². The van der Waals surface area contributed by atoms with Crippen molar-refractivity contribution in [3.8, 4) is 0 Å². The normalized spacial score (nSPS) is 14.2.